The van der Waals surface area contributed by atoms with Gasteiger partial charge in [-0.25, -0.2) is 4.79 Å². The van der Waals surface area contributed by atoms with Crippen molar-refractivity contribution >= 4 is 17.6 Å². The summed E-state index contributed by atoms with van der Waals surface area (Å²) in [5, 5.41) is 9.52. The molecule has 2 rings (SSSR count). The second kappa shape index (κ2) is 4.74. The zero-order chi connectivity index (χ0) is 13.3. The summed E-state index contributed by atoms with van der Waals surface area (Å²) in [5.74, 6) is -0.444. The predicted molar refractivity (Wildman–Crippen MR) is 69.0 cm³/mol. The zero-order valence-electron chi connectivity index (χ0n) is 9.98. The standard InChI is InChI=1S/C13H12ClNO3/c1-8-3-4-12(18-2)10(5-8)15-7-9(14)6-11(15)13(16)17/h3-7H,1-2H3,(H,16,17). The SMILES string of the molecule is COc1ccc(C)cc1-n1cc(Cl)cc1C(=O)O. The molecule has 0 unspecified atom stereocenters. The predicted octanol–water partition coefficient (Wildman–Crippen LogP) is 3.15. The molecule has 1 aromatic carbocycles. The number of carboxylic acid groups (broad SMARTS) is 1. The van der Waals surface area contributed by atoms with Gasteiger partial charge in [0.2, 0.25) is 0 Å². The minimum absolute atomic E-state index is 0.101. The van der Waals surface area contributed by atoms with Gasteiger partial charge in [0, 0.05) is 6.20 Å². The summed E-state index contributed by atoms with van der Waals surface area (Å²) in [4.78, 5) is 11.2. The quantitative estimate of drug-likeness (QED) is 0.927. The number of aromatic carboxylic acids is 1. The number of aromatic nitrogens is 1. The maximum Gasteiger partial charge on any atom is 0.352 e. The summed E-state index contributed by atoms with van der Waals surface area (Å²) in [6.45, 7) is 1.93. The van der Waals surface area contributed by atoms with Gasteiger partial charge < -0.3 is 14.4 Å². The fraction of sp³-hybridized carbons (Fsp3) is 0.154. The molecule has 0 saturated heterocycles. The van der Waals surface area contributed by atoms with Crippen LogP contribution in [0, 0.1) is 6.92 Å². The number of hydrogen-bond donors (Lipinski definition) is 1. The highest BCUT2D eigenvalue weighted by molar-refractivity contribution is 6.31. The minimum atomic E-state index is -1.04. The van der Waals surface area contributed by atoms with E-state index in [0.717, 1.165) is 5.56 Å². The summed E-state index contributed by atoms with van der Waals surface area (Å²) >= 11 is 5.87. The van der Waals surface area contributed by atoms with E-state index in [1.807, 2.05) is 19.1 Å². The molecule has 0 saturated carbocycles. The van der Waals surface area contributed by atoms with Crippen molar-refractivity contribution in [1.82, 2.24) is 4.57 Å². The van der Waals surface area contributed by atoms with Crippen molar-refractivity contribution in [3.8, 4) is 11.4 Å². The van der Waals surface area contributed by atoms with Crippen LogP contribution in [0.3, 0.4) is 0 Å². The Kier molecular flexibility index (Phi) is 3.30. The second-order valence-corrected chi connectivity index (χ2v) is 4.33. The first-order chi connectivity index (χ1) is 8.52. The molecular weight excluding hydrogens is 254 g/mol. The zero-order valence-corrected chi connectivity index (χ0v) is 10.7. The number of hydrogen-bond acceptors (Lipinski definition) is 2. The van der Waals surface area contributed by atoms with Gasteiger partial charge >= 0.3 is 5.97 Å². The Hall–Kier alpha value is -1.94. The Balaban J connectivity index is 2.68. The molecule has 5 heteroatoms. The number of carbonyl (C=O) groups is 1. The number of rotatable bonds is 3. The lowest BCUT2D eigenvalue weighted by Crippen LogP contribution is -2.07. The first-order valence-electron chi connectivity index (χ1n) is 5.29. The van der Waals surface area contributed by atoms with Crippen LogP contribution < -0.4 is 4.74 Å². The number of carboxylic acids is 1. The summed E-state index contributed by atoms with van der Waals surface area (Å²) in [5.41, 5.74) is 1.76. The topological polar surface area (TPSA) is 51.5 Å². The van der Waals surface area contributed by atoms with Gasteiger partial charge in [-0.05, 0) is 30.7 Å². The fourth-order valence-corrected chi connectivity index (χ4v) is 1.98. The van der Waals surface area contributed by atoms with Gasteiger partial charge in [0.25, 0.3) is 0 Å². The highest BCUT2D eigenvalue weighted by Crippen LogP contribution is 2.28. The van der Waals surface area contributed by atoms with Crippen molar-refractivity contribution < 1.29 is 14.6 Å². The third kappa shape index (κ3) is 2.19. The maximum absolute atomic E-state index is 11.2. The Labute approximate surface area is 109 Å². The van der Waals surface area contributed by atoms with E-state index in [1.54, 1.807) is 19.4 Å². The van der Waals surface area contributed by atoms with Crippen LogP contribution in [-0.2, 0) is 0 Å². The number of methoxy groups -OCH3 is 1. The number of nitrogens with zero attached hydrogens (tertiary/aromatic N) is 1. The molecular formula is C13H12ClNO3. The van der Waals surface area contributed by atoms with Crippen molar-refractivity contribution in [3.05, 3.63) is 46.7 Å². The molecule has 1 N–H and O–H groups in total. The van der Waals surface area contributed by atoms with E-state index in [-0.39, 0.29) is 5.69 Å². The van der Waals surface area contributed by atoms with Gasteiger partial charge in [-0.3, -0.25) is 0 Å². The van der Waals surface area contributed by atoms with Crippen LogP contribution in [0.25, 0.3) is 5.69 Å². The molecule has 18 heavy (non-hydrogen) atoms. The average molecular weight is 266 g/mol. The highest BCUT2D eigenvalue weighted by Gasteiger charge is 2.16. The van der Waals surface area contributed by atoms with Gasteiger partial charge in [-0.15, -0.1) is 0 Å². The van der Waals surface area contributed by atoms with E-state index in [4.69, 9.17) is 21.4 Å². The van der Waals surface area contributed by atoms with E-state index in [1.165, 1.54) is 10.6 Å². The molecule has 2 aromatic rings. The Morgan fingerprint density at radius 1 is 1.39 bits per heavy atom. The third-order valence-corrected chi connectivity index (χ3v) is 2.81. The number of halogens is 1. The molecule has 4 nitrogen and oxygen atoms in total. The lowest BCUT2D eigenvalue weighted by molar-refractivity contribution is 0.0688. The van der Waals surface area contributed by atoms with E-state index >= 15 is 0 Å². The second-order valence-electron chi connectivity index (χ2n) is 3.89. The van der Waals surface area contributed by atoms with Gasteiger partial charge in [0.05, 0.1) is 17.8 Å². The molecule has 0 spiro atoms. The molecule has 0 aliphatic heterocycles. The molecule has 0 bridgehead atoms. The van der Waals surface area contributed by atoms with Crippen molar-refractivity contribution in [2.45, 2.75) is 6.92 Å². The molecule has 0 aliphatic rings. The van der Waals surface area contributed by atoms with Crippen LogP contribution in [0.4, 0.5) is 0 Å². The first kappa shape index (κ1) is 12.5. The van der Waals surface area contributed by atoms with E-state index in [2.05, 4.69) is 0 Å². The summed E-state index contributed by atoms with van der Waals surface area (Å²) in [7, 11) is 1.54. The number of benzene rings is 1. The Bertz CT molecular complexity index is 604. The van der Waals surface area contributed by atoms with Crippen molar-refractivity contribution in [2.24, 2.45) is 0 Å². The summed E-state index contributed by atoms with van der Waals surface area (Å²) in [6.07, 6.45) is 1.56. The first-order valence-corrected chi connectivity index (χ1v) is 5.67. The molecule has 0 aliphatic carbocycles. The number of ether oxygens (including phenoxy) is 1. The van der Waals surface area contributed by atoms with Gasteiger partial charge in [0.1, 0.15) is 11.4 Å². The molecule has 94 valence electrons. The molecule has 0 radical (unpaired) electrons. The maximum atomic E-state index is 11.2. The molecule has 0 amide bonds. The van der Waals surface area contributed by atoms with Crippen LogP contribution in [0.2, 0.25) is 5.02 Å². The molecule has 1 aromatic heterocycles. The minimum Gasteiger partial charge on any atom is -0.495 e. The van der Waals surface area contributed by atoms with Gasteiger partial charge in [-0.1, -0.05) is 17.7 Å². The van der Waals surface area contributed by atoms with Crippen LogP contribution >= 0.6 is 11.6 Å². The smallest absolute Gasteiger partial charge is 0.352 e. The fourth-order valence-electron chi connectivity index (χ4n) is 1.78. The van der Waals surface area contributed by atoms with E-state index in [9.17, 15) is 4.79 Å². The van der Waals surface area contributed by atoms with Gasteiger partial charge in [-0.2, -0.15) is 0 Å². The van der Waals surface area contributed by atoms with E-state index < -0.39 is 5.97 Å². The van der Waals surface area contributed by atoms with Crippen LogP contribution in [0.1, 0.15) is 16.1 Å². The molecule has 1 heterocycles. The lowest BCUT2D eigenvalue weighted by Gasteiger charge is -2.12. The largest absolute Gasteiger partial charge is 0.495 e. The molecule has 0 atom stereocenters. The third-order valence-electron chi connectivity index (χ3n) is 2.60. The van der Waals surface area contributed by atoms with E-state index in [0.29, 0.717) is 16.5 Å². The lowest BCUT2D eigenvalue weighted by atomic mass is 10.2. The average Bonchev–Trinajstić information content (AvgIpc) is 2.71. The normalized spacial score (nSPS) is 10.4. The summed E-state index contributed by atoms with van der Waals surface area (Å²) < 4.78 is 6.75. The van der Waals surface area contributed by atoms with Crippen molar-refractivity contribution in [2.75, 3.05) is 7.11 Å². The Morgan fingerprint density at radius 2 is 2.11 bits per heavy atom. The number of aryl methyl sites for hydroxylation is 1. The highest BCUT2D eigenvalue weighted by atomic mass is 35.5. The Morgan fingerprint density at radius 3 is 2.72 bits per heavy atom. The van der Waals surface area contributed by atoms with Crippen LogP contribution in [0.15, 0.2) is 30.5 Å². The monoisotopic (exact) mass is 265 g/mol. The van der Waals surface area contributed by atoms with Crippen molar-refractivity contribution in [3.63, 3.8) is 0 Å². The van der Waals surface area contributed by atoms with Gasteiger partial charge in [0.15, 0.2) is 0 Å². The molecule has 0 fully saturated rings. The summed E-state index contributed by atoms with van der Waals surface area (Å²) in [6, 6.07) is 6.95. The van der Waals surface area contributed by atoms with Crippen molar-refractivity contribution in [1.29, 1.82) is 0 Å². The van der Waals surface area contributed by atoms with Crippen LogP contribution in [-0.4, -0.2) is 22.8 Å². The van der Waals surface area contributed by atoms with Crippen LogP contribution in [0.5, 0.6) is 5.75 Å².